The largest absolute Gasteiger partial charge is 0.493 e. The molecule has 0 unspecified atom stereocenters. The molecular weight excluding hydrogens is 431 g/mol. The molecule has 0 aliphatic heterocycles. The van der Waals surface area contributed by atoms with E-state index in [0.717, 1.165) is 55.9 Å². The Hall–Kier alpha value is -3.00. The van der Waals surface area contributed by atoms with Crippen molar-refractivity contribution in [3.05, 3.63) is 59.8 Å². The van der Waals surface area contributed by atoms with Crippen molar-refractivity contribution in [2.24, 2.45) is 0 Å². The summed E-state index contributed by atoms with van der Waals surface area (Å²) in [5.41, 5.74) is 1.58. The van der Waals surface area contributed by atoms with Gasteiger partial charge in [0.05, 0.1) is 25.3 Å². The first-order valence-electron chi connectivity index (χ1n) is 11.0. The summed E-state index contributed by atoms with van der Waals surface area (Å²) in [6.07, 6.45) is -0.920. The fourth-order valence-electron chi connectivity index (χ4n) is 3.83. The van der Waals surface area contributed by atoms with E-state index in [1.54, 1.807) is 20.3 Å². The summed E-state index contributed by atoms with van der Waals surface area (Å²) in [6.45, 7) is 5.50. The number of methoxy groups -OCH3 is 2. The number of halogens is 3. The van der Waals surface area contributed by atoms with Crippen molar-refractivity contribution >= 4 is 16.6 Å². The van der Waals surface area contributed by atoms with Crippen molar-refractivity contribution in [2.75, 3.05) is 39.2 Å². The second kappa shape index (κ2) is 11.2. The molecule has 5 nitrogen and oxygen atoms in total. The van der Waals surface area contributed by atoms with E-state index in [4.69, 9.17) is 9.47 Å². The number of anilines is 1. The van der Waals surface area contributed by atoms with Crippen LogP contribution in [0.3, 0.4) is 0 Å². The van der Waals surface area contributed by atoms with Crippen LogP contribution in [0, 0.1) is 0 Å². The first kappa shape index (κ1) is 24.6. The Bertz CT molecular complexity index is 1060. The molecule has 0 radical (unpaired) electrons. The molecule has 0 saturated carbocycles. The van der Waals surface area contributed by atoms with E-state index in [1.165, 1.54) is 12.3 Å². The molecule has 0 fully saturated rings. The normalized spacial score (nSPS) is 11.7. The summed E-state index contributed by atoms with van der Waals surface area (Å²) in [7, 11) is 3.25. The Kier molecular flexibility index (Phi) is 8.38. The number of fused-ring (bicyclic) bond motifs is 1. The molecule has 2 aromatic carbocycles. The molecular formula is C25H30F3N3O2. The molecule has 1 aromatic heterocycles. The summed E-state index contributed by atoms with van der Waals surface area (Å²) in [6, 6.07) is 11.4. The lowest BCUT2D eigenvalue weighted by Gasteiger charge is -2.22. The van der Waals surface area contributed by atoms with E-state index >= 15 is 0 Å². The highest BCUT2D eigenvalue weighted by atomic mass is 19.4. The van der Waals surface area contributed by atoms with E-state index in [-0.39, 0.29) is 0 Å². The molecule has 0 amide bonds. The van der Waals surface area contributed by atoms with E-state index in [0.29, 0.717) is 28.9 Å². The van der Waals surface area contributed by atoms with Gasteiger partial charge in [-0.25, -0.2) is 0 Å². The minimum Gasteiger partial charge on any atom is -0.493 e. The highest BCUT2D eigenvalue weighted by molar-refractivity contribution is 5.91. The van der Waals surface area contributed by atoms with Gasteiger partial charge in [0.1, 0.15) is 0 Å². The first-order valence-corrected chi connectivity index (χ1v) is 11.0. The zero-order chi connectivity index (χ0) is 23.8. The third kappa shape index (κ3) is 6.51. The summed E-state index contributed by atoms with van der Waals surface area (Å²) < 4.78 is 49.7. The van der Waals surface area contributed by atoms with Crippen LogP contribution in [0.2, 0.25) is 0 Å². The molecule has 0 aliphatic carbocycles. The van der Waals surface area contributed by atoms with Gasteiger partial charge in [0, 0.05) is 36.9 Å². The molecule has 178 valence electrons. The van der Waals surface area contributed by atoms with Gasteiger partial charge in [-0.3, -0.25) is 9.88 Å². The maximum absolute atomic E-state index is 13.0. The Labute approximate surface area is 192 Å². The number of ether oxygens (including phenoxy) is 2. The smallest absolute Gasteiger partial charge is 0.416 e. The number of hydrogen-bond acceptors (Lipinski definition) is 5. The third-order valence-electron chi connectivity index (χ3n) is 5.43. The van der Waals surface area contributed by atoms with Gasteiger partial charge in [0.15, 0.2) is 11.5 Å². The van der Waals surface area contributed by atoms with Gasteiger partial charge in [-0.2, -0.15) is 13.2 Å². The SMILES string of the molecule is CCCN(CCCNc1ccnc2cc(C(F)(F)F)ccc12)Cc1ccc(OC)c(OC)c1. The molecule has 0 atom stereocenters. The standard InChI is InChI=1S/C25H30F3N3O2/c1-4-13-31(17-18-6-9-23(32-2)24(15-18)33-3)14-5-11-29-21-10-12-30-22-16-19(25(26,27)28)7-8-20(21)22/h6-10,12,15-16H,4-5,11,13-14,17H2,1-3H3,(H,29,30). The van der Waals surface area contributed by atoms with Crippen molar-refractivity contribution in [3.8, 4) is 11.5 Å². The molecule has 0 spiro atoms. The van der Waals surface area contributed by atoms with E-state index in [9.17, 15) is 13.2 Å². The predicted octanol–water partition coefficient (Wildman–Crippen LogP) is 5.99. The van der Waals surface area contributed by atoms with Gasteiger partial charge in [0.2, 0.25) is 0 Å². The average Bonchev–Trinajstić information content (AvgIpc) is 2.80. The number of benzene rings is 2. The Balaban J connectivity index is 1.60. The number of alkyl halides is 3. The maximum Gasteiger partial charge on any atom is 0.416 e. The highest BCUT2D eigenvalue weighted by Crippen LogP contribution is 2.32. The third-order valence-corrected chi connectivity index (χ3v) is 5.43. The summed E-state index contributed by atoms with van der Waals surface area (Å²) >= 11 is 0. The van der Waals surface area contributed by atoms with Crippen LogP contribution >= 0.6 is 0 Å². The Morgan fingerprint density at radius 1 is 0.970 bits per heavy atom. The number of nitrogens with zero attached hydrogens (tertiary/aromatic N) is 2. The second-order valence-corrected chi connectivity index (χ2v) is 7.83. The molecule has 3 aromatic rings. The predicted molar refractivity (Wildman–Crippen MR) is 125 cm³/mol. The van der Waals surface area contributed by atoms with Crippen LogP contribution in [-0.4, -0.2) is 43.7 Å². The molecule has 33 heavy (non-hydrogen) atoms. The lowest BCUT2D eigenvalue weighted by molar-refractivity contribution is -0.137. The zero-order valence-corrected chi connectivity index (χ0v) is 19.2. The molecule has 0 bridgehead atoms. The quantitative estimate of drug-likeness (QED) is 0.356. The van der Waals surface area contributed by atoms with Gasteiger partial charge in [0.25, 0.3) is 0 Å². The van der Waals surface area contributed by atoms with Crippen LogP contribution in [0.1, 0.15) is 30.9 Å². The van der Waals surface area contributed by atoms with E-state index in [1.807, 2.05) is 18.2 Å². The monoisotopic (exact) mass is 461 g/mol. The minimum absolute atomic E-state index is 0.330. The Morgan fingerprint density at radius 3 is 2.45 bits per heavy atom. The number of pyridine rings is 1. The number of hydrogen-bond donors (Lipinski definition) is 1. The fraction of sp³-hybridized carbons (Fsp3) is 0.400. The average molecular weight is 462 g/mol. The molecule has 1 heterocycles. The van der Waals surface area contributed by atoms with E-state index in [2.05, 4.69) is 22.1 Å². The van der Waals surface area contributed by atoms with Crippen molar-refractivity contribution in [3.63, 3.8) is 0 Å². The Morgan fingerprint density at radius 2 is 1.76 bits per heavy atom. The van der Waals surface area contributed by atoms with Gasteiger partial charge < -0.3 is 14.8 Å². The highest BCUT2D eigenvalue weighted by Gasteiger charge is 2.30. The second-order valence-electron chi connectivity index (χ2n) is 7.83. The molecule has 0 aliphatic rings. The number of aromatic nitrogens is 1. The van der Waals surface area contributed by atoms with E-state index < -0.39 is 11.7 Å². The summed E-state index contributed by atoms with van der Waals surface area (Å²) in [4.78, 5) is 6.48. The zero-order valence-electron chi connectivity index (χ0n) is 19.2. The fourth-order valence-corrected chi connectivity index (χ4v) is 3.83. The number of rotatable bonds is 11. The van der Waals surface area contributed by atoms with Crippen LogP contribution in [0.4, 0.5) is 18.9 Å². The van der Waals surface area contributed by atoms with Crippen molar-refractivity contribution in [1.29, 1.82) is 0 Å². The topological polar surface area (TPSA) is 46.6 Å². The van der Waals surface area contributed by atoms with Crippen molar-refractivity contribution < 1.29 is 22.6 Å². The van der Waals surface area contributed by atoms with Crippen LogP contribution in [0.25, 0.3) is 10.9 Å². The molecule has 0 saturated heterocycles. The summed E-state index contributed by atoms with van der Waals surface area (Å²) in [5.74, 6) is 1.42. The van der Waals surface area contributed by atoms with Crippen LogP contribution in [0.5, 0.6) is 11.5 Å². The molecule has 8 heteroatoms. The summed E-state index contributed by atoms with van der Waals surface area (Å²) in [5, 5.41) is 4.04. The lowest BCUT2D eigenvalue weighted by Crippen LogP contribution is -2.26. The van der Waals surface area contributed by atoms with Crippen LogP contribution in [-0.2, 0) is 12.7 Å². The lowest BCUT2D eigenvalue weighted by atomic mass is 10.1. The maximum atomic E-state index is 13.0. The van der Waals surface area contributed by atoms with Gasteiger partial charge in [-0.1, -0.05) is 19.1 Å². The van der Waals surface area contributed by atoms with Crippen LogP contribution in [0.15, 0.2) is 48.7 Å². The minimum atomic E-state index is -4.38. The number of nitrogens with one attached hydrogen (secondary N) is 1. The first-order chi connectivity index (χ1) is 15.9. The van der Waals surface area contributed by atoms with Crippen LogP contribution < -0.4 is 14.8 Å². The van der Waals surface area contributed by atoms with Crippen molar-refractivity contribution in [2.45, 2.75) is 32.5 Å². The van der Waals surface area contributed by atoms with Crippen molar-refractivity contribution in [1.82, 2.24) is 9.88 Å². The van der Waals surface area contributed by atoms with Gasteiger partial charge in [-0.05, 0) is 55.3 Å². The molecule has 1 N–H and O–H groups in total. The van der Waals surface area contributed by atoms with Gasteiger partial charge in [-0.15, -0.1) is 0 Å². The molecule has 3 rings (SSSR count). The van der Waals surface area contributed by atoms with Gasteiger partial charge >= 0.3 is 6.18 Å².